The molecule has 0 aliphatic carbocycles. The molecule has 8 nitrogen and oxygen atoms in total. The Labute approximate surface area is 191 Å². The van der Waals surface area contributed by atoms with E-state index in [1.54, 1.807) is 29.2 Å². The number of carbonyl (C=O) groups excluding carboxylic acids is 1. The lowest BCUT2D eigenvalue weighted by Gasteiger charge is -2.30. The van der Waals surface area contributed by atoms with Gasteiger partial charge >= 0.3 is 0 Å². The first-order chi connectivity index (χ1) is 15.4. The first kappa shape index (κ1) is 22.6. The monoisotopic (exact) mass is 474 g/mol. The van der Waals surface area contributed by atoms with Crippen LogP contribution in [0.15, 0.2) is 45.7 Å². The number of sulfonamides is 1. The minimum Gasteiger partial charge on any atom is -0.312 e. The average Bonchev–Trinajstić information content (AvgIpc) is 3.28. The predicted octanol–water partition coefficient (Wildman–Crippen LogP) is 2.86. The zero-order valence-corrected chi connectivity index (χ0v) is 19.8. The number of rotatable bonds is 7. The van der Waals surface area contributed by atoms with Gasteiger partial charge in [-0.1, -0.05) is 13.8 Å². The second-order valence-electron chi connectivity index (χ2n) is 7.66. The van der Waals surface area contributed by atoms with E-state index >= 15 is 0 Å². The molecule has 10 heteroatoms. The number of aromatic nitrogens is 2. The van der Waals surface area contributed by atoms with Crippen molar-refractivity contribution >= 4 is 43.2 Å². The SMILES string of the molecule is CCN(CC)S(=O)(=O)c1ccc2c(c1)CCCN2C(=O)CCn1cnc2sccc2c1=O. The molecule has 0 radical (unpaired) electrons. The lowest BCUT2D eigenvalue weighted by Crippen LogP contribution is -2.37. The fraction of sp³-hybridized carbons (Fsp3) is 0.409. The van der Waals surface area contributed by atoms with Crippen molar-refractivity contribution in [3.63, 3.8) is 0 Å². The normalized spacial score (nSPS) is 14.2. The molecule has 0 fully saturated rings. The third-order valence-corrected chi connectivity index (χ3v) is 8.70. The maximum absolute atomic E-state index is 13.0. The van der Waals surface area contributed by atoms with Crippen LogP contribution in [0.25, 0.3) is 10.2 Å². The minimum atomic E-state index is -3.55. The third kappa shape index (κ3) is 4.10. The van der Waals surface area contributed by atoms with Crippen LogP contribution in [0, 0.1) is 0 Å². The van der Waals surface area contributed by atoms with Crippen molar-refractivity contribution in [3.8, 4) is 0 Å². The van der Waals surface area contributed by atoms with E-state index in [0.717, 1.165) is 24.1 Å². The molecule has 2 aromatic heterocycles. The van der Waals surface area contributed by atoms with Crippen LogP contribution in [-0.4, -0.2) is 47.8 Å². The van der Waals surface area contributed by atoms with Crippen molar-refractivity contribution in [2.75, 3.05) is 24.5 Å². The average molecular weight is 475 g/mol. The highest BCUT2D eigenvalue weighted by Crippen LogP contribution is 2.31. The molecule has 1 aliphatic heterocycles. The molecule has 32 heavy (non-hydrogen) atoms. The summed E-state index contributed by atoms with van der Waals surface area (Å²) in [6.45, 7) is 5.27. The van der Waals surface area contributed by atoms with Gasteiger partial charge in [0.05, 0.1) is 16.6 Å². The second-order valence-corrected chi connectivity index (χ2v) is 10.5. The summed E-state index contributed by atoms with van der Waals surface area (Å²) in [5.41, 5.74) is 1.46. The maximum atomic E-state index is 13.0. The van der Waals surface area contributed by atoms with Crippen molar-refractivity contribution < 1.29 is 13.2 Å². The number of nitrogens with zero attached hydrogens (tertiary/aromatic N) is 4. The van der Waals surface area contributed by atoms with Gasteiger partial charge in [-0.2, -0.15) is 4.31 Å². The van der Waals surface area contributed by atoms with E-state index in [1.807, 2.05) is 19.2 Å². The van der Waals surface area contributed by atoms with Gasteiger partial charge < -0.3 is 4.90 Å². The van der Waals surface area contributed by atoms with E-state index in [2.05, 4.69) is 4.98 Å². The molecule has 1 amide bonds. The van der Waals surface area contributed by atoms with Crippen molar-refractivity contribution in [1.82, 2.24) is 13.9 Å². The quantitative estimate of drug-likeness (QED) is 0.525. The van der Waals surface area contributed by atoms with Crippen LogP contribution >= 0.6 is 11.3 Å². The van der Waals surface area contributed by atoms with Crippen molar-refractivity contribution in [1.29, 1.82) is 0 Å². The van der Waals surface area contributed by atoms with Gasteiger partial charge in [-0.05, 0) is 48.1 Å². The molecule has 170 valence electrons. The second kappa shape index (κ2) is 9.13. The molecule has 1 aliphatic rings. The molecule has 0 bridgehead atoms. The van der Waals surface area contributed by atoms with Gasteiger partial charge in [-0.3, -0.25) is 14.2 Å². The molecule has 0 N–H and O–H groups in total. The Morgan fingerprint density at radius 2 is 2.00 bits per heavy atom. The molecule has 0 saturated heterocycles. The Hall–Kier alpha value is -2.56. The Kier molecular flexibility index (Phi) is 6.45. The fourth-order valence-electron chi connectivity index (χ4n) is 4.11. The fourth-order valence-corrected chi connectivity index (χ4v) is 6.34. The molecule has 3 aromatic rings. The Bertz CT molecular complexity index is 1310. The largest absolute Gasteiger partial charge is 0.312 e. The third-order valence-electron chi connectivity index (χ3n) is 5.83. The highest BCUT2D eigenvalue weighted by Gasteiger charge is 2.27. The number of amides is 1. The first-order valence-electron chi connectivity index (χ1n) is 10.7. The van der Waals surface area contributed by atoms with Crippen LogP contribution in [-0.2, 0) is 27.8 Å². The van der Waals surface area contributed by atoms with Crippen molar-refractivity contribution in [2.45, 2.75) is 44.6 Å². The summed E-state index contributed by atoms with van der Waals surface area (Å²) >= 11 is 1.41. The number of aryl methyl sites for hydroxylation is 2. The standard InChI is InChI=1S/C22H26N4O4S2/c1-3-25(4-2)32(29,30)17-7-8-19-16(14-17)6-5-11-26(19)20(27)9-12-24-15-23-21-18(22(24)28)10-13-31-21/h7-8,10,13-15H,3-6,9,11-12H2,1-2H3. The summed E-state index contributed by atoms with van der Waals surface area (Å²) in [7, 11) is -3.55. The van der Waals surface area contributed by atoms with Crippen LogP contribution in [0.5, 0.6) is 0 Å². The summed E-state index contributed by atoms with van der Waals surface area (Å²) < 4.78 is 28.6. The predicted molar refractivity (Wildman–Crippen MR) is 126 cm³/mol. The molecule has 0 spiro atoms. The van der Waals surface area contributed by atoms with Crippen LogP contribution in [0.2, 0.25) is 0 Å². The highest BCUT2D eigenvalue weighted by atomic mass is 32.2. The van der Waals surface area contributed by atoms with Gasteiger partial charge in [-0.25, -0.2) is 13.4 Å². The Balaban J connectivity index is 1.54. The summed E-state index contributed by atoms with van der Waals surface area (Å²) in [6, 6.07) is 6.75. The van der Waals surface area contributed by atoms with Gasteiger partial charge in [0.2, 0.25) is 15.9 Å². The molecule has 0 atom stereocenters. The number of anilines is 1. The van der Waals surface area contributed by atoms with Crippen molar-refractivity contribution in [2.24, 2.45) is 0 Å². The number of benzene rings is 1. The van der Waals surface area contributed by atoms with Crippen LogP contribution in [0.1, 0.15) is 32.3 Å². The summed E-state index contributed by atoms with van der Waals surface area (Å²) in [5.74, 6) is -0.0948. The number of carbonyl (C=O) groups is 1. The lowest BCUT2D eigenvalue weighted by molar-refractivity contribution is -0.118. The molecule has 3 heterocycles. The molecule has 4 rings (SSSR count). The number of hydrogen-bond acceptors (Lipinski definition) is 6. The van der Waals surface area contributed by atoms with Crippen LogP contribution in [0.4, 0.5) is 5.69 Å². The van der Waals surface area contributed by atoms with E-state index in [4.69, 9.17) is 0 Å². The molecule has 1 aromatic carbocycles. The first-order valence-corrected chi connectivity index (χ1v) is 13.0. The summed E-state index contributed by atoms with van der Waals surface area (Å²) in [4.78, 5) is 32.5. The maximum Gasteiger partial charge on any atom is 0.262 e. The van der Waals surface area contributed by atoms with E-state index < -0.39 is 10.0 Å². The van der Waals surface area contributed by atoms with E-state index in [0.29, 0.717) is 29.9 Å². The number of thiophene rings is 1. The van der Waals surface area contributed by atoms with Crippen molar-refractivity contribution in [3.05, 3.63) is 51.9 Å². The van der Waals surface area contributed by atoms with Gasteiger partial charge in [-0.15, -0.1) is 11.3 Å². The summed E-state index contributed by atoms with van der Waals surface area (Å²) in [6.07, 6.45) is 3.13. The molecular formula is C22H26N4O4S2. The smallest absolute Gasteiger partial charge is 0.262 e. The highest BCUT2D eigenvalue weighted by molar-refractivity contribution is 7.89. The van der Waals surface area contributed by atoms with E-state index in [-0.39, 0.29) is 29.3 Å². The van der Waals surface area contributed by atoms with Gasteiger partial charge in [0.1, 0.15) is 4.83 Å². The van der Waals surface area contributed by atoms with Gasteiger partial charge in [0.25, 0.3) is 5.56 Å². The number of fused-ring (bicyclic) bond motifs is 2. The van der Waals surface area contributed by atoms with E-state index in [9.17, 15) is 18.0 Å². The van der Waals surface area contributed by atoms with Gasteiger partial charge in [0.15, 0.2) is 0 Å². The molecule has 0 unspecified atom stereocenters. The van der Waals surface area contributed by atoms with Crippen LogP contribution < -0.4 is 10.5 Å². The van der Waals surface area contributed by atoms with Gasteiger partial charge in [0, 0.05) is 38.3 Å². The minimum absolute atomic E-state index is 0.0948. The topological polar surface area (TPSA) is 92.6 Å². The zero-order valence-electron chi connectivity index (χ0n) is 18.2. The lowest BCUT2D eigenvalue weighted by atomic mass is 10.0. The van der Waals surface area contributed by atoms with Crippen LogP contribution in [0.3, 0.4) is 0 Å². The number of hydrogen-bond donors (Lipinski definition) is 0. The zero-order chi connectivity index (χ0) is 22.9. The Morgan fingerprint density at radius 3 is 2.75 bits per heavy atom. The van der Waals surface area contributed by atoms with E-state index in [1.165, 1.54) is 26.5 Å². The summed E-state index contributed by atoms with van der Waals surface area (Å²) in [5, 5.41) is 2.39. The molecular weight excluding hydrogens is 448 g/mol. The Morgan fingerprint density at radius 1 is 1.22 bits per heavy atom. The molecule has 0 saturated carbocycles.